The van der Waals surface area contributed by atoms with Crippen molar-refractivity contribution in [2.75, 3.05) is 0 Å². The highest BCUT2D eigenvalue weighted by molar-refractivity contribution is 6.32. The van der Waals surface area contributed by atoms with E-state index in [1.54, 1.807) is 5.57 Å². The average Bonchev–Trinajstić information content (AvgIpc) is 2.37. The van der Waals surface area contributed by atoms with Crippen LogP contribution in [-0.4, -0.2) is 0 Å². The molecule has 1 rings (SSSR count). The summed E-state index contributed by atoms with van der Waals surface area (Å²) in [6.07, 6.45) is 8.04. The molecule has 0 unspecified atom stereocenters. The lowest BCUT2D eigenvalue weighted by Crippen LogP contribution is -1.89. The largest absolute Gasteiger partial charge is 0.0952 e. The third-order valence-electron chi connectivity index (χ3n) is 3.46. The summed E-state index contributed by atoms with van der Waals surface area (Å²) >= 11 is 6.27. The zero-order chi connectivity index (χ0) is 14.3. The average molecular weight is 277 g/mol. The molecule has 0 heterocycles. The molecule has 0 radical (unpaired) electrons. The predicted molar refractivity (Wildman–Crippen MR) is 87.7 cm³/mol. The summed E-state index contributed by atoms with van der Waals surface area (Å²) < 4.78 is 0. The Bertz CT molecular complexity index is 455. The van der Waals surface area contributed by atoms with Crippen LogP contribution < -0.4 is 0 Å². The second kappa shape index (κ2) is 8.22. The monoisotopic (exact) mass is 276 g/mol. The second-order valence-corrected chi connectivity index (χ2v) is 5.54. The Morgan fingerprint density at radius 1 is 1.26 bits per heavy atom. The Morgan fingerprint density at radius 2 is 2.00 bits per heavy atom. The zero-order valence-electron chi connectivity index (χ0n) is 12.4. The third-order valence-corrected chi connectivity index (χ3v) is 3.77. The molecular formula is C18H25Cl. The van der Waals surface area contributed by atoms with E-state index in [1.807, 2.05) is 6.07 Å². The van der Waals surface area contributed by atoms with E-state index in [2.05, 4.69) is 45.6 Å². The van der Waals surface area contributed by atoms with Crippen molar-refractivity contribution >= 4 is 17.2 Å². The van der Waals surface area contributed by atoms with Crippen molar-refractivity contribution < 1.29 is 0 Å². The van der Waals surface area contributed by atoms with Crippen molar-refractivity contribution in [1.29, 1.82) is 0 Å². The van der Waals surface area contributed by atoms with Gasteiger partial charge < -0.3 is 0 Å². The van der Waals surface area contributed by atoms with Crippen molar-refractivity contribution in [2.24, 2.45) is 0 Å². The summed E-state index contributed by atoms with van der Waals surface area (Å²) in [6.45, 7) is 10.6. The molecule has 0 bridgehead atoms. The summed E-state index contributed by atoms with van der Waals surface area (Å²) in [5, 5.41) is 0.824. The molecule has 19 heavy (non-hydrogen) atoms. The van der Waals surface area contributed by atoms with E-state index in [9.17, 15) is 0 Å². The molecule has 0 amide bonds. The molecule has 0 saturated heterocycles. The highest BCUT2D eigenvalue weighted by atomic mass is 35.5. The van der Waals surface area contributed by atoms with Gasteiger partial charge in [-0.25, -0.2) is 0 Å². The molecule has 0 aromatic heterocycles. The van der Waals surface area contributed by atoms with Gasteiger partial charge in [0.15, 0.2) is 0 Å². The Morgan fingerprint density at radius 3 is 2.58 bits per heavy atom. The smallest absolute Gasteiger partial charge is 0.0483 e. The third kappa shape index (κ3) is 5.24. The van der Waals surface area contributed by atoms with Gasteiger partial charge in [-0.15, -0.1) is 0 Å². The summed E-state index contributed by atoms with van der Waals surface area (Å²) in [7, 11) is 0. The van der Waals surface area contributed by atoms with E-state index < -0.39 is 0 Å². The van der Waals surface area contributed by atoms with E-state index >= 15 is 0 Å². The summed E-state index contributed by atoms with van der Waals surface area (Å²) in [5.74, 6) is 0. The van der Waals surface area contributed by atoms with E-state index in [4.69, 9.17) is 11.6 Å². The molecule has 0 fully saturated rings. The van der Waals surface area contributed by atoms with Gasteiger partial charge in [-0.1, -0.05) is 55.3 Å². The normalized spacial score (nSPS) is 11.7. The van der Waals surface area contributed by atoms with Gasteiger partial charge in [0.1, 0.15) is 0 Å². The molecule has 0 aliphatic carbocycles. The molecule has 0 saturated carbocycles. The fraction of sp³-hybridized carbons (Fsp3) is 0.444. The number of halogens is 1. The Kier molecular flexibility index (Phi) is 6.94. The van der Waals surface area contributed by atoms with Crippen LogP contribution in [0.5, 0.6) is 0 Å². The molecule has 1 aromatic carbocycles. The minimum Gasteiger partial charge on any atom is -0.0952 e. The highest BCUT2D eigenvalue weighted by Crippen LogP contribution is 2.28. The van der Waals surface area contributed by atoms with Crippen molar-refractivity contribution in [2.45, 2.75) is 52.9 Å². The molecule has 0 aliphatic heterocycles. The number of rotatable bonds is 7. The minimum absolute atomic E-state index is 0.824. The number of allylic oxidation sites excluding steroid dienone is 3. The maximum Gasteiger partial charge on any atom is 0.0483 e. The van der Waals surface area contributed by atoms with Crippen LogP contribution in [0.1, 0.15) is 57.1 Å². The number of aryl methyl sites for hydroxylation is 1. The van der Waals surface area contributed by atoms with Crippen LogP contribution in [0.2, 0.25) is 5.02 Å². The van der Waals surface area contributed by atoms with Crippen LogP contribution in [0.3, 0.4) is 0 Å². The van der Waals surface area contributed by atoms with Crippen molar-refractivity contribution in [3.8, 4) is 0 Å². The van der Waals surface area contributed by atoms with E-state index in [0.717, 1.165) is 29.0 Å². The maximum atomic E-state index is 6.27. The van der Waals surface area contributed by atoms with Crippen LogP contribution >= 0.6 is 11.6 Å². The van der Waals surface area contributed by atoms with Gasteiger partial charge in [0.25, 0.3) is 0 Å². The van der Waals surface area contributed by atoms with Gasteiger partial charge in [-0.3, -0.25) is 0 Å². The molecule has 0 N–H and O–H groups in total. The molecule has 0 atom stereocenters. The van der Waals surface area contributed by atoms with E-state index in [1.165, 1.54) is 24.8 Å². The lowest BCUT2D eigenvalue weighted by molar-refractivity contribution is 0.773. The van der Waals surface area contributed by atoms with Crippen LogP contribution in [0.25, 0.3) is 5.57 Å². The van der Waals surface area contributed by atoms with Gasteiger partial charge in [0.2, 0.25) is 0 Å². The molecule has 104 valence electrons. The van der Waals surface area contributed by atoms with E-state index in [-0.39, 0.29) is 0 Å². The molecule has 1 aromatic rings. The number of hydrogen-bond acceptors (Lipinski definition) is 0. The van der Waals surface area contributed by atoms with Gasteiger partial charge in [0, 0.05) is 5.02 Å². The SMILES string of the molecule is C=C(CCC/C(=C\C)CCC)c1ccc(C)cc1Cl. The van der Waals surface area contributed by atoms with Gasteiger partial charge >= 0.3 is 0 Å². The van der Waals surface area contributed by atoms with Crippen molar-refractivity contribution in [3.05, 3.63) is 52.6 Å². The van der Waals surface area contributed by atoms with Crippen molar-refractivity contribution in [3.63, 3.8) is 0 Å². The molecule has 1 heteroatoms. The molecule has 0 aliphatic rings. The summed E-state index contributed by atoms with van der Waals surface area (Å²) in [6, 6.07) is 6.19. The van der Waals surface area contributed by atoms with Crippen molar-refractivity contribution in [1.82, 2.24) is 0 Å². The second-order valence-electron chi connectivity index (χ2n) is 5.14. The Labute approximate surface area is 123 Å². The van der Waals surface area contributed by atoms with Crippen LogP contribution in [-0.2, 0) is 0 Å². The maximum absolute atomic E-state index is 6.27. The lowest BCUT2D eigenvalue weighted by atomic mass is 9.97. The Hall–Kier alpha value is -1.01. The van der Waals surface area contributed by atoms with E-state index in [0.29, 0.717) is 0 Å². The summed E-state index contributed by atoms with van der Waals surface area (Å²) in [5.41, 5.74) is 5.01. The molecule has 0 spiro atoms. The fourth-order valence-electron chi connectivity index (χ4n) is 2.31. The standard InChI is InChI=1S/C18H25Cl/c1-5-8-16(6-2)10-7-9-15(4)17-12-11-14(3)13-18(17)19/h6,11-13H,4-5,7-10H2,1-3H3/b16-6-. The molecular weight excluding hydrogens is 252 g/mol. The zero-order valence-corrected chi connectivity index (χ0v) is 13.2. The summed E-state index contributed by atoms with van der Waals surface area (Å²) in [4.78, 5) is 0. The highest BCUT2D eigenvalue weighted by Gasteiger charge is 2.05. The first-order chi connectivity index (χ1) is 9.08. The van der Waals surface area contributed by atoms with Crippen LogP contribution in [0.15, 0.2) is 36.4 Å². The Balaban J connectivity index is 2.52. The van der Waals surface area contributed by atoms with Crippen LogP contribution in [0, 0.1) is 6.92 Å². The topological polar surface area (TPSA) is 0 Å². The first kappa shape index (κ1) is 16.0. The first-order valence-electron chi connectivity index (χ1n) is 7.16. The fourth-order valence-corrected chi connectivity index (χ4v) is 2.67. The number of hydrogen-bond donors (Lipinski definition) is 0. The predicted octanol–water partition coefficient (Wildman–Crippen LogP) is 6.58. The number of benzene rings is 1. The van der Waals surface area contributed by atoms with Gasteiger partial charge in [-0.2, -0.15) is 0 Å². The lowest BCUT2D eigenvalue weighted by Gasteiger charge is -2.10. The molecule has 0 nitrogen and oxygen atoms in total. The van der Waals surface area contributed by atoms with Gasteiger partial charge in [-0.05, 0) is 62.3 Å². The first-order valence-corrected chi connectivity index (χ1v) is 7.54. The minimum atomic E-state index is 0.824. The van der Waals surface area contributed by atoms with Crippen LogP contribution in [0.4, 0.5) is 0 Å². The van der Waals surface area contributed by atoms with Gasteiger partial charge in [0.05, 0.1) is 0 Å². The quantitative estimate of drug-likeness (QED) is 0.494.